The van der Waals surface area contributed by atoms with Crippen molar-refractivity contribution in [3.63, 3.8) is 0 Å². The van der Waals surface area contributed by atoms with E-state index in [4.69, 9.17) is 26.2 Å². The van der Waals surface area contributed by atoms with Gasteiger partial charge < -0.3 is 14.6 Å². The predicted molar refractivity (Wildman–Crippen MR) is 85.1 cm³/mol. The van der Waals surface area contributed by atoms with Gasteiger partial charge in [0.15, 0.2) is 11.5 Å². The first-order valence-electron chi connectivity index (χ1n) is 6.60. The predicted octanol–water partition coefficient (Wildman–Crippen LogP) is 3.83. The van der Waals surface area contributed by atoms with Crippen molar-refractivity contribution in [2.45, 2.75) is 6.42 Å². The topological polar surface area (TPSA) is 68.7 Å². The van der Waals surface area contributed by atoms with Gasteiger partial charge in [-0.15, -0.1) is 11.3 Å². The van der Waals surface area contributed by atoms with Crippen LogP contribution in [0.4, 0.5) is 0 Å². The van der Waals surface area contributed by atoms with E-state index in [0.717, 1.165) is 23.3 Å². The average Bonchev–Trinajstić information content (AvgIpc) is 2.84. The van der Waals surface area contributed by atoms with Crippen molar-refractivity contribution in [2.75, 3.05) is 13.2 Å². The van der Waals surface area contributed by atoms with Gasteiger partial charge in [0.1, 0.15) is 9.88 Å². The highest BCUT2D eigenvalue weighted by atomic mass is 35.5. The maximum Gasteiger partial charge on any atom is 0.347 e. The second-order valence-electron chi connectivity index (χ2n) is 4.58. The summed E-state index contributed by atoms with van der Waals surface area (Å²) in [5, 5.41) is 9.98. The Kier molecular flexibility index (Phi) is 4.31. The van der Waals surface area contributed by atoms with Crippen LogP contribution in [0, 0.1) is 0 Å². The molecule has 7 heteroatoms. The Bertz CT molecular complexity index is 741. The van der Waals surface area contributed by atoms with Gasteiger partial charge >= 0.3 is 5.97 Å². The number of benzene rings is 1. The quantitative estimate of drug-likeness (QED) is 0.921. The molecule has 0 amide bonds. The van der Waals surface area contributed by atoms with Gasteiger partial charge in [-0.05, 0) is 23.8 Å². The number of carboxylic acids is 1. The number of hydrogen-bond acceptors (Lipinski definition) is 5. The molecule has 0 saturated heterocycles. The molecule has 3 rings (SSSR count). The zero-order valence-electron chi connectivity index (χ0n) is 11.4. The summed E-state index contributed by atoms with van der Waals surface area (Å²) in [6.07, 6.45) is 5.71. The lowest BCUT2D eigenvalue weighted by Crippen LogP contribution is -1.97. The number of halogens is 1. The maximum atomic E-state index is 10.8. The average molecular weight is 338 g/mol. The zero-order chi connectivity index (χ0) is 15.5. The van der Waals surface area contributed by atoms with Gasteiger partial charge in [0, 0.05) is 6.42 Å². The van der Waals surface area contributed by atoms with Crippen molar-refractivity contribution in [3.8, 4) is 11.5 Å². The highest BCUT2D eigenvalue weighted by molar-refractivity contribution is 7.14. The molecule has 0 aliphatic carbocycles. The van der Waals surface area contributed by atoms with Crippen LogP contribution >= 0.6 is 22.9 Å². The summed E-state index contributed by atoms with van der Waals surface area (Å²) in [7, 11) is 0. The number of aromatic carboxylic acids is 1. The maximum absolute atomic E-state index is 10.8. The number of nitrogens with zero attached hydrogens (tertiary/aromatic N) is 1. The van der Waals surface area contributed by atoms with Crippen LogP contribution in [-0.2, 0) is 0 Å². The highest BCUT2D eigenvalue weighted by Gasteiger charge is 2.15. The summed E-state index contributed by atoms with van der Waals surface area (Å²) in [6, 6.07) is 3.62. The highest BCUT2D eigenvalue weighted by Crippen LogP contribution is 2.38. The molecule has 5 nitrogen and oxygen atoms in total. The second-order valence-corrected chi connectivity index (χ2v) is 6.05. The van der Waals surface area contributed by atoms with Crippen LogP contribution in [0.25, 0.3) is 12.2 Å². The van der Waals surface area contributed by atoms with Crippen LogP contribution in [0.15, 0.2) is 18.3 Å². The second kappa shape index (κ2) is 6.37. The van der Waals surface area contributed by atoms with Crippen LogP contribution < -0.4 is 9.47 Å². The standard InChI is InChI=1S/C15H12ClNO4S/c16-10-6-9(7-11-14(10)21-5-1-4-20-11)2-3-13-17-8-12(22-13)15(18)19/h2-3,6-8H,1,4-5H2,(H,18,19)/b3-2+. The van der Waals surface area contributed by atoms with E-state index in [-0.39, 0.29) is 4.88 Å². The molecule has 0 atom stereocenters. The summed E-state index contributed by atoms with van der Waals surface area (Å²) in [5.41, 5.74) is 0.835. The fraction of sp³-hybridized carbons (Fsp3) is 0.200. The molecule has 0 unspecified atom stereocenters. The summed E-state index contributed by atoms with van der Waals surface area (Å²) in [5.74, 6) is 0.213. The van der Waals surface area contributed by atoms with E-state index in [1.165, 1.54) is 6.20 Å². The molecule has 1 N–H and O–H groups in total. The van der Waals surface area contributed by atoms with Gasteiger partial charge in [0.05, 0.1) is 24.4 Å². The summed E-state index contributed by atoms with van der Waals surface area (Å²) in [4.78, 5) is 15.1. The SMILES string of the molecule is O=C(O)c1cnc(/C=C/c2cc(Cl)c3c(c2)OCCCO3)s1. The number of hydrogen-bond donors (Lipinski definition) is 1. The Morgan fingerprint density at radius 1 is 1.32 bits per heavy atom. The summed E-state index contributed by atoms with van der Waals surface area (Å²) < 4.78 is 11.2. The molecule has 0 fully saturated rings. The normalized spacial score (nSPS) is 14.0. The van der Waals surface area contributed by atoms with Crippen LogP contribution in [0.1, 0.15) is 26.7 Å². The fourth-order valence-electron chi connectivity index (χ4n) is 1.98. The van der Waals surface area contributed by atoms with Crippen molar-refractivity contribution in [2.24, 2.45) is 0 Å². The monoisotopic (exact) mass is 337 g/mol. The lowest BCUT2D eigenvalue weighted by Gasteiger charge is -2.09. The van der Waals surface area contributed by atoms with Gasteiger partial charge in [0.25, 0.3) is 0 Å². The number of fused-ring (bicyclic) bond motifs is 1. The van der Waals surface area contributed by atoms with Gasteiger partial charge in [-0.25, -0.2) is 9.78 Å². The van der Waals surface area contributed by atoms with E-state index in [9.17, 15) is 4.79 Å². The van der Waals surface area contributed by atoms with Gasteiger partial charge in [0.2, 0.25) is 0 Å². The van der Waals surface area contributed by atoms with Crippen molar-refractivity contribution >= 4 is 41.1 Å². The molecule has 114 valence electrons. The molecule has 0 spiro atoms. The molecule has 0 bridgehead atoms. The number of thiazole rings is 1. The Balaban J connectivity index is 1.85. The first kappa shape index (κ1) is 14.9. The van der Waals surface area contributed by atoms with E-state index >= 15 is 0 Å². The minimum absolute atomic E-state index is 0.205. The van der Waals surface area contributed by atoms with Gasteiger partial charge in [-0.2, -0.15) is 0 Å². The van der Waals surface area contributed by atoms with Gasteiger partial charge in [-0.1, -0.05) is 17.7 Å². The van der Waals surface area contributed by atoms with E-state index in [0.29, 0.717) is 34.7 Å². The van der Waals surface area contributed by atoms with Crippen molar-refractivity contribution in [1.29, 1.82) is 0 Å². The third-order valence-corrected chi connectivity index (χ3v) is 4.21. The number of carboxylic acid groups (broad SMARTS) is 1. The van der Waals surface area contributed by atoms with E-state index in [1.807, 2.05) is 12.1 Å². The Hall–Kier alpha value is -2.05. The Morgan fingerprint density at radius 2 is 2.14 bits per heavy atom. The lowest BCUT2D eigenvalue weighted by atomic mass is 10.2. The molecule has 22 heavy (non-hydrogen) atoms. The number of carbonyl (C=O) groups is 1. The minimum Gasteiger partial charge on any atom is -0.489 e. The lowest BCUT2D eigenvalue weighted by molar-refractivity contribution is 0.0702. The van der Waals surface area contributed by atoms with Crippen molar-refractivity contribution in [1.82, 2.24) is 4.98 Å². The summed E-state index contributed by atoms with van der Waals surface area (Å²) >= 11 is 7.33. The number of ether oxygens (including phenoxy) is 2. The van der Waals surface area contributed by atoms with Crippen molar-refractivity contribution < 1.29 is 19.4 Å². The van der Waals surface area contributed by atoms with Gasteiger partial charge in [-0.3, -0.25) is 0 Å². The van der Waals surface area contributed by atoms with Crippen LogP contribution in [0.2, 0.25) is 5.02 Å². The Morgan fingerprint density at radius 3 is 2.91 bits per heavy atom. The fourth-order valence-corrected chi connectivity index (χ4v) is 2.91. The Labute approximate surface area is 135 Å². The van der Waals surface area contributed by atoms with E-state index in [1.54, 1.807) is 12.1 Å². The van der Waals surface area contributed by atoms with Crippen LogP contribution in [0.3, 0.4) is 0 Å². The molecule has 0 radical (unpaired) electrons. The first-order chi connectivity index (χ1) is 10.6. The molecule has 0 saturated carbocycles. The molecular weight excluding hydrogens is 326 g/mol. The smallest absolute Gasteiger partial charge is 0.347 e. The first-order valence-corrected chi connectivity index (χ1v) is 7.79. The molecule has 1 aliphatic rings. The third kappa shape index (κ3) is 3.23. The van der Waals surface area contributed by atoms with Crippen LogP contribution in [0.5, 0.6) is 11.5 Å². The van der Waals surface area contributed by atoms with Crippen LogP contribution in [-0.4, -0.2) is 29.3 Å². The third-order valence-electron chi connectivity index (χ3n) is 2.98. The summed E-state index contributed by atoms with van der Waals surface area (Å²) in [6.45, 7) is 1.17. The largest absolute Gasteiger partial charge is 0.489 e. The molecule has 2 heterocycles. The molecule has 2 aromatic rings. The zero-order valence-corrected chi connectivity index (χ0v) is 13.0. The minimum atomic E-state index is -0.976. The molecular formula is C15H12ClNO4S. The number of rotatable bonds is 3. The van der Waals surface area contributed by atoms with E-state index < -0.39 is 5.97 Å². The van der Waals surface area contributed by atoms with Crippen molar-refractivity contribution in [3.05, 3.63) is 38.8 Å². The number of aromatic nitrogens is 1. The molecule has 1 aromatic heterocycles. The van der Waals surface area contributed by atoms with E-state index in [2.05, 4.69) is 4.98 Å². The molecule has 1 aliphatic heterocycles. The molecule has 1 aromatic carbocycles.